The highest BCUT2D eigenvalue weighted by molar-refractivity contribution is 5.89. The normalized spacial score (nSPS) is 16.1. The molecular formula is C30H36FN3O3. The number of carbonyl (C=O) groups excluding carboxylic acids is 1. The second-order valence-electron chi connectivity index (χ2n) is 9.77. The van der Waals surface area contributed by atoms with Crippen molar-refractivity contribution in [3.63, 3.8) is 0 Å². The van der Waals surface area contributed by atoms with Crippen molar-refractivity contribution >= 4 is 11.7 Å². The first-order valence-corrected chi connectivity index (χ1v) is 12.9. The van der Waals surface area contributed by atoms with Crippen LogP contribution in [0.2, 0.25) is 0 Å². The van der Waals surface area contributed by atoms with Crippen LogP contribution in [-0.4, -0.2) is 54.9 Å². The van der Waals surface area contributed by atoms with E-state index in [9.17, 15) is 14.3 Å². The summed E-state index contributed by atoms with van der Waals surface area (Å²) in [6, 6.07) is 23.0. The highest BCUT2D eigenvalue weighted by Crippen LogP contribution is 2.23. The van der Waals surface area contributed by atoms with Gasteiger partial charge in [0, 0.05) is 18.3 Å². The summed E-state index contributed by atoms with van der Waals surface area (Å²) in [6.45, 7) is 2.26. The van der Waals surface area contributed by atoms with Crippen LogP contribution in [0.25, 0.3) is 0 Å². The molecule has 37 heavy (non-hydrogen) atoms. The molecule has 196 valence electrons. The Balaban J connectivity index is 1.33. The van der Waals surface area contributed by atoms with Crippen LogP contribution in [0.3, 0.4) is 0 Å². The Kier molecular flexibility index (Phi) is 9.52. The Morgan fingerprint density at radius 1 is 1.03 bits per heavy atom. The molecule has 2 amide bonds. The molecule has 1 aliphatic rings. The lowest BCUT2D eigenvalue weighted by atomic mass is 9.90. The number of aliphatic hydroxyl groups excluding tert-OH is 1. The number of benzene rings is 3. The van der Waals surface area contributed by atoms with E-state index in [0.29, 0.717) is 30.3 Å². The van der Waals surface area contributed by atoms with Gasteiger partial charge in [0.15, 0.2) is 0 Å². The van der Waals surface area contributed by atoms with Crippen LogP contribution < -0.4 is 15.4 Å². The van der Waals surface area contributed by atoms with Crippen molar-refractivity contribution in [3.8, 4) is 5.75 Å². The van der Waals surface area contributed by atoms with Crippen molar-refractivity contribution in [1.82, 2.24) is 10.2 Å². The standard InChI is InChI=1S/C30H36FN3O3/c1-37-27-9-5-8-26(20-27)32-30(36)33-28(19-22-6-3-2-4-7-22)29(35)21-34-16-14-24(15-17-34)18-23-10-12-25(31)13-11-23/h2-13,20,24,28-29,35H,14-19,21H2,1H3,(H2,32,33,36)/t28-,29-/m0/s1. The van der Waals surface area contributed by atoms with Crippen molar-refractivity contribution in [2.24, 2.45) is 5.92 Å². The summed E-state index contributed by atoms with van der Waals surface area (Å²) in [4.78, 5) is 15.1. The number of carbonyl (C=O) groups is 1. The van der Waals surface area contributed by atoms with Crippen molar-refractivity contribution in [2.75, 3.05) is 32.1 Å². The molecule has 1 fully saturated rings. The molecule has 0 aromatic heterocycles. The van der Waals surface area contributed by atoms with Gasteiger partial charge in [-0.1, -0.05) is 48.5 Å². The molecule has 1 heterocycles. The third kappa shape index (κ3) is 8.30. The first-order valence-electron chi connectivity index (χ1n) is 12.9. The number of ether oxygens (including phenoxy) is 1. The molecule has 6 nitrogen and oxygen atoms in total. The van der Waals surface area contributed by atoms with E-state index in [4.69, 9.17) is 4.74 Å². The first-order chi connectivity index (χ1) is 18.0. The maximum Gasteiger partial charge on any atom is 0.319 e. The lowest BCUT2D eigenvalue weighted by Gasteiger charge is -2.35. The van der Waals surface area contributed by atoms with Crippen LogP contribution >= 0.6 is 0 Å². The van der Waals surface area contributed by atoms with Gasteiger partial charge in [0.2, 0.25) is 0 Å². The minimum atomic E-state index is -0.732. The van der Waals surface area contributed by atoms with E-state index in [1.165, 1.54) is 12.1 Å². The third-order valence-electron chi connectivity index (χ3n) is 7.00. The molecule has 3 aromatic carbocycles. The zero-order chi connectivity index (χ0) is 26.0. The van der Waals surface area contributed by atoms with Crippen molar-refractivity contribution in [3.05, 3.63) is 95.8 Å². The van der Waals surface area contributed by atoms with Gasteiger partial charge in [-0.2, -0.15) is 0 Å². The number of halogens is 1. The van der Waals surface area contributed by atoms with E-state index < -0.39 is 12.1 Å². The quantitative estimate of drug-likeness (QED) is 0.367. The van der Waals surface area contributed by atoms with Crippen molar-refractivity contribution < 1.29 is 19.0 Å². The van der Waals surface area contributed by atoms with Gasteiger partial charge in [0.05, 0.1) is 19.3 Å². The molecule has 2 atom stereocenters. The number of nitrogens with one attached hydrogen (secondary N) is 2. The Morgan fingerprint density at radius 3 is 2.46 bits per heavy atom. The highest BCUT2D eigenvalue weighted by atomic mass is 19.1. The van der Waals surface area contributed by atoms with Crippen LogP contribution in [0.1, 0.15) is 24.0 Å². The van der Waals surface area contributed by atoms with Gasteiger partial charge in [-0.15, -0.1) is 0 Å². The van der Waals surface area contributed by atoms with Gasteiger partial charge in [0.25, 0.3) is 0 Å². The summed E-state index contributed by atoms with van der Waals surface area (Å²) in [5.74, 6) is 0.996. The number of hydrogen-bond donors (Lipinski definition) is 3. The third-order valence-corrected chi connectivity index (χ3v) is 7.00. The molecule has 0 spiro atoms. The minimum absolute atomic E-state index is 0.205. The van der Waals surface area contributed by atoms with Crippen LogP contribution in [0.4, 0.5) is 14.9 Å². The Morgan fingerprint density at radius 2 is 1.76 bits per heavy atom. The summed E-state index contributed by atoms with van der Waals surface area (Å²) < 4.78 is 18.4. The van der Waals surface area contributed by atoms with Gasteiger partial charge < -0.3 is 25.4 Å². The van der Waals surface area contributed by atoms with Gasteiger partial charge in [0.1, 0.15) is 11.6 Å². The maximum atomic E-state index is 13.2. The Bertz CT molecular complexity index is 1120. The molecule has 0 aliphatic carbocycles. The molecule has 0 bridgehead atoms. The predicted molar refractivity (Wildman–Crippen MR) is 144 cm³/mol. The number of amides is 2. The monoisotopic (exact) mass is 505 g/mol. The molecule has 0 radical (unpaired) electrons. The number of likely N-dealkylation sites (tertiary alicyclic amines) is 1. The zero-order valence-corrected chi connectivity index (χ0v) is 21.3. The molecule has 4 rings (SSSR count). The van der Waals surface area contributed by atoms with Gasteiger partial charge in [-0.25, -0.2) is 9.18 Å². The number of methoxy groups -OCH3 is 1. The van der Waals surface area contributed by atoms with E-state index in [1.54, 1.807) is 19.2 Å². The lowest BCUT2D eigenvalue weighted by Crippen LogP contribution is -2.51. The summed E-state index contributed by atoms with van der Waals surface area (Å²) in [6.07, 6.45) is 2.78. The molecule has 1 aliphatic heterocycles. The molecular weight excluding hydrogens is 469 g/mol. The van der Waals surface area contributed by atoms with E-state index in [0.717, 1.165) is 43.5 Å². The van der Waals surface area contributed by atoms with E-state index in [2.05, 4.69) is 15.5 Å². The fourth-order valence-electron chi connectivity index (χ4n) is 4.91. The molecule has 1 saturated heterocycles. The average molecular weight is 506 g/mol. The number of aliphatic hydroxyl groups is 1. The number of piperidine rings is 1. The maximum absolute atomic E-state index is 13.2. The number of anilines is 1. The van der Waals surface area contributed by atoms with Crippen LogP contribution in [0, 0.1) is 11.7 Å². The van der Waals surface area contributed by atoms with Crippen LogP contribution in [-0.2, 0) is 12.8 Å². The summed E-state index contributed by atoms with van der Waals surface area (Å²) in [5.41, 5.74) is 2.83. The molecule has 7 heteroatoms. The number of urea groups is 1. The molecule has 0 saturated carbocycles. The van der Waals surface area contributed by atoms with Gasteiger partial charge in [-0.3, -0.25) is 0 Å². The fourth-order valence-corrected chi connectivity index (χ4v) is 4.91. The Hall–Kier alpha value is -3.42. The van der Waals surface area contributed by atoms with E-state index in [-0.39, 0.29) is 11.8 Å². The number of β-amino-alcohol motifs (C(OH)–C–C–N with tert-alkyl or cyclic N) is 1. The summed E-state index contributed by atoms with van der Waals surface area (Å²) in [7, 11) is 1.58. The number of hydrogen-bond acceptors (Lipinski definition) is 4. The number of rotatable bonds is 10. The SMILES string of the molecule is COc1cccc(NC(=O)N[C@@H](Cc2ccccc2)[C@@H](O)CN2CCC(Cc3ccc(F)cc3)CC2)c1. The summed E-state index contributed by atoms with van der Waals surface area (Å²) in [5, 5.41) is 17.0. The average Bonchev–Trinajstić information content (AvgIpc) is 2.91. The highest BCUT2D eigenvalue weighted by Gasteiger charge is 2.27. The van der Waals surface area contributed by atoms with Crippen molar-refractivity contribution in [2.45, 2.75) is 37.8 Å². The smallest absolute Gasteiger partial charge is 0.319 e. The topological polar surface area (TPSA) is 73.8 Å². The van der Waals surface area contributed by atoms with E-state index in [1.807, 2.05) is 54.6 Å². The zero-order valence-electron chi connectivity index (χ0n) is 21.3. The molecule has 3 aromatic rings. The van der Waals surface area contributed by atoms with Gasteiger partial charge in [-0.05, 0) is 80.1 Å². The van der Waals surface area contributed by atoms with Crippen molar-refractivity contribution in [1.29, 1.82) is 0 Å². The minimum Gasteiger partial charge on any atom is -0.497 e. The predicted octanol–water partition coefficient (Wildman–Crippen LogP) is 4.88. The Labute approximate surface area is 218 Å². The summed E-state index contributed by atoms with van der Waals surface area (Å²) >= 11 is 0. The van der Waals surface area contributed by atoms with Crippen LogP contribution in [0.5, 0.6) is 5.75 Å². The molecule has 0 unspecified atom stereocenters. The van der Waals surface area contributed by atoms with Gasteiger partial charge >= 0.3 is 6.03 Å². The lowest BCUT2D eigenvalue weighted by molar-refractivity contribution is 0.0659. The fraction of sp³-hybridized carbons (Fsp3) is 0.367. The second kappa shape index (κ2) is 13.2. The largest absolute Gasteiger partial charge is 0.497 e. The van der Waals surface area contributed by atoms with Crippen LogP contribution in [0.15, 0.2) is 78.9 Å². The number of nitrogens with zero attached hydrogens (tertiary/aromatic N) is 1. The first kappa shape index (κ1) is 26.6. The molecule has 3 N–H and O–H groups in total. The second-order valence-corrected chi connectivity index (χ2v) is 9.77. The van der Waals surface area contributed by atoms with E-state index >= 15 is 0 Å².